The van der Waals surface area contributed by atoms with Crippen molar-refractivity contribution in [3.63, 3.8) is 0 Å². The zero-order valence-electron chi connectivity index (χ0n) is 15.7. The van der Waals surface area contributed by atoms with Crippen molar-refractivity contribution in [3.05, 3.63) is 64.1 Å². The largest absolute Gasteiger partial charge is 0.274 e. The van der Waals surface area contributed by atoms with Crippen LogP contribution in [0.2, 0.25) is 0 Å². The average molecular weight is 440 g/mol. The molecule has 3 fully saturated rings. The van der Waals surface area contributed by atoms with Gasteiger partial charge in [0.2, 0.25) is 5.91 Å². The highest BCUT2D eigenvalue weighted by atomic mass is 79.9. The topological polar surface area (TPSA) is 43.9 Å². The Labute approximate surface area is 173 Å². The van der Waals surface area contributed by atoms with E-state index in [0.717, 1.165) is 36.0 Å². The van der Waals surface area contributed by atoms with Crippen molar-refractivity contribution in [1.82, 2.24) is 10.0 Å². The number of hydrogen-bond donors (Lipinski definition) is 0. The maximum atomic E-state index is 13.5. The first-order chi connectivity index (χ1) is 13.6. The highest BCUT2D eigenvalue weighted by Crippen LogP contribution is 2.48. The summed E-state index contributed by atoms with van der Waals surface area (Å²) >= 11 is 3.49. The Kier molecular flexibility index (Phi) is 4.38. The van der Waals surface area contributed by atoms with Crippen molar-refractivity contribution < 1.29 is 9.59 Å². The lowest BCUT2D eigenvalue weighted by Gasteiger charge is -2.29. The summed E-state index contributed by atoms with van der Waals surface area (Å²) in [5, 5.41) is 4.38. The molecule has 0 unspecified atom stereocenters. The maximum Gasteiger partial charge on any atom is 0.253 e. The quantitative estimate of drug-likeness (QED) is 0.685. The van der Waals surface area contributed by atoms with Crippen LogP contribution in [0.5, 0.6) is 0 Å². The molecule has 3 saturated heterocycles. The minimum absolute atomic E-state index is 0.0819. The van der Waals surface area contributed by atoms with Crippen LogP contribution in [0.4, 0.5) is 5.69 Å². The number of carbonyl (C=O) groups is 2. The van der Waals surface area contributed by atoms with E-state index in [2.05, 4.69) is 45.0 Å². The van der Waals surface area contributed by atoms with Crippen LogP contribution >= 0.6 is 15.9 Å². The Morgan fingerprint density at radius 3 is 2.18 bits per heavy atom. The van der Waals surface area contributed by atoms with Crippen LogP contribution in [0.3, 0.4) is 0 Å². The fourth-order valence-corrected chi connectivity index (χ4v) is 5.17. The van der Waals surface area contributed by atoms with Crippen molar-refractivity contribution >= 4 is 33.4 Å². The molecule has 3 aliphatic rings. The van der Waals surface area contributed by atoms with E-state index in [-0.39, 0.29) is 23.8 Å². The van der Waals surface area contributed by atoms with Gasteiger partial charge >= 0.3 is 0 Å². The molecule has 3 atom stereocenters. The summed E-state index contributed by atoms with van der Waals surface area (Å²) in [5.74, 6) is -0.535. The van der Waals surface area contributed by atoms with Gasteiger partial charge in [-0.3, -0.25) is 9.59 Å². The number of nitrogens with zero attached hydrogens (tertiary/aromatic N) is 3. The smallest absolute Gasteiger partial charge is 0.253 e. The van der Waals surface area contributed by atoms with E-state index >= 15 is 0 Å². The summed E-state index contributed by atoms with van der Waals surface area (Å²) in [5.41, 5.74) is 2.97. The van der Waals surface area contributed by atoms with Gasteiger partial charge in [-0.1, -0.05) is 47.1 Å². The third-order valence-electron chi connectivity index (χ3n) is 6.22. The molecule has 0 bridgehead atoms. The molecule has 5 rings (SSSR count). The number of anilines is 1. The van der Waals surface area contributed by atoms with Gasteiger partial charge in [0, 0.05) is 17.6 Å². The number of hydrogen-bond acceptors (Lipinski definition) is 4. The molecule has 3 aliphatic heterocycles. The Morgan fingerprint density at radius 2 is 1.54 bits per heavy atom. The third-order valence-corrected chi connectivity index (χ3v) is 6.75. The van der Waals surface area contributed by atoms with E-state index in [4.69, 9.17) is 0 Å². The van der Waals surface area contributed by atoms with Gasteiger partial charge in [0.15, 0.2) is 0 Å². The zero-order valence-corrected chi connectivity index (χ0v) is 17.3. The first-order valence-electron chi connectivity index (χ1n) is 9.85. The highest BCUT2D eigenvalue weighted by Gasteiger charge is 2.62. The van der Waals surface area contributed by atoms with Crippen LogP contribution in [-0.4, -0.2) is 41.0 Å². The minimum Gasteiger partial charge on any atom is -0.274 e. The predicted molar refractivity (Wildman–Crippen MR) is 111 cm³/mol. The number of amides is 2. The summed E-state index contributed by atoms with van der Waals surface area (Å²) in [6.07, 6.45) is 1.95. The molecular formula is C22H22BrN3O2. The van der Waals surface area contributed by atoms with Crippen LogP contribution in [0.25, 0.3) is 0 Å². The van der Waals surface area contributed by atoms with Gasteiger partial charge in [0.1, 0.15) is 6.04 Å². The maximum absolute atomic E-state index is 13.5. The number of fused-ring (bicyclic) bond motifs is 3. The van der Waals surface area contributed by atoms with E-state index in [9.17, 15) is 9.59 Å². The van der Waals surface area contributed by atoms with Crippen molar-refractivity contribution in [3.8, 4) is 0 Å². The summed E-state index contributed by atoms with van der Waals surface area (Å²) in [7, 11) is 0. The van der Waals surface area contributed by atoms with Crippen LogP contribution in [0, 0.1) is 5.92 Å². The lowest BCUT2D eigenvalue weighted by molar-refractivity contribution is -0.126. The molecule has 3 heterocycles. The van der Waals surface area contributed by atoms with E-state index in [1.165, 1.54) is 10.5 Å². The molecular weight excluding hydrogens is 418 g/mol. The van der Waals surface area contributed by atoms with Crippen LogP contribution in [0.15, 0.2) is 53.0 Å². The Bertz CT molecular complexity index is 928. The Balaban J connectivity index is 1.55. The molecule has 0 saturated carbocycles. The van der Waals surface area contributed by atoms with E-state index in [1.54, 1.807) is 0 Å². The van der Waals surface area contributed by atoms with Crippen LogP contribution in [0.1, 0.15) is 30.5 Å². The Hall–Kier alpha value is -2.02. The molecule has 144 valence electrons. The molecule has 2 aromatic rings. The molecule has 0 aliphatic carbocycles. The van der Waals surface area contributed by atoms with E-state index in [1.807, 2.05) is 36.4 Å². The number of hydrazine groups is 1. The van der Waals surface area contributed by atoms with Gasteiger partial charge in [-0.25, -0.2) is 14.9 Å². The fraction of sp³-hybridized carbons (Fsp3) is 0.364. The van der Waals surface area contributed by atoms with Crippen molar-refractivity contribution in [1.29, 1.82) is 0 Å². The fourth-order valence-electron chi connectivity index (χ4n) is 4.91. The molecule has 0 spiro atoms. The zero-order chi connectivity index (χ0) is 19.4. The number of imide groups is 1. The third kappa shape index (κ3) is 2.59. The number of aryl methyl sites for hydroxylation is 1. The van der Waals surface area contributed by atoms with Crippen molar-refractivity contribution in [2.45, 2.75) is 31.8 Å². The number of halogens is 1. The molecule has 28 heavy (non-hydrogen) atoms. The first-order valence-corrected chi connectivity index (χ1v) is 10.6. The molecule has 0 aromatic heterocycles. The normalized spacial score (nSPS) is 27.5. The summed E-state index contributed by atoms with van der Waals surface area (Å²) in [6.45, 7) is 3.81. The molecule has 0 radical (unpaired) electrons. The van der Waals surface area contributed by atoms with Gasteiger partial charge in [-0.05, 0) is 48.2 Å². The molecule has 0 N–H and O–H groups in total. The lowest BCUT2D eigenvalue weighted by Crippen LogP contribution is -2.44. The average Bonchev–Trinajstić information content (AvgIpc) is 3.35. The second kappa shape index (κ2) is 6.79. The molecule has 2 amide bonds. The van der Waals surface area contributed by atoms with Crippen molar-refractivity contribution in [2.75, 3.05) is 18.0 Å². The SMILES string of the molecule is CCc1ccc(N2C(=O)[C@@H]3[C@@H](C2=O)N2CCCN2[C@H]3c2ccc(Br)cc2)cc1. The minimum atomic E-state index is -0.394. The van der Waals surface area contributed by atoms with Crippen LogP contribution < -0.4 is 4.90 Å². The number of benzene rings is 2. The summed E-state index contributed by atoms with van der Waals surface area (Å²) in [6, 6.07) is 15.4. The summed E-state index contributed by atoms with van der Waals surface area (Å²) < 4.78 is 1.01. The Morgan fingerprint density at radius 1 is 0.893 bits per heavy atom. The van der Waals surface area contributed by atoms with Crippen LogP contribution in [-0.2, 0) is 16.0 Å². The second-order valence-electron chi connectivity index (χ2n) is 7.68. The van der Waals surface area contributed by atoms with Gasteiger partial charge < -0.3 is 0 Å². The standard InChI is InChI=1S/C22H22BrN3O2/c1-2-14-4-10-17(11-5-14)26-21(27)18-19(15-6-8-16(23)9-7-15)24-12-3-13-25(24)20(18)22(26)28/h4-11,18-20H,2-3,12-13H2,1H3/t18-,19-,20-/m0/s1. The van der Waals surface area contributed by atoms with Gasteiger partial charge in [-0.15, -0.1) is 0 Å². The predicted octanol–water partition coefficient (Wildman–Crippen LogP) is 3.55. The number of rotatable bonds is 3. The lowest BCUT2D eigenvalue weighted by atomic mass is 9.90. The van der Waals surface area contributed by atoms with Gasteiger partial charge in [0.25, 0.3) is 5.91 Å². The van der Waals surface area contributed by atoms with Gasteiger partial charge in [-0.2, -0.15) is 0 Å². The second-order valence-corrected chi connectivity index (χ2v) is 8.59. The van der Waals surface area contributed by atoms with Crippen molar-refractivity contribution in [2.24, 2.45) is 5.92 Å². The molecule has 2 aromatic carbocycles. The molecule has 5 nitrogen and oxygen atoms in total. The molecule has 6 heteroatoms. The monoisotopic (exact) mass is 439 g/mol. The first kappa shape index (κ1) is 18.0. The van der Waals surface area contributed by atoms with E-state index in [0.29, 0.717) is 5.69 Å². The number of carbonyl (C=O) groups excluding carboxylic acids is 2. The highest BCUT2D eigenvalue weighted by molar-refractivity contribution is 9.10. The van der Waals surface area contributed by atoms with Gasteiger partial charge in [0.05, 0.1) is 17.6 Å². The van der Waals surface area contributed by atoms with E-state index < -0.39 is 6.04 Å². The summed E-state index contributed by atoms with van der Waals surface area (Å²) in [4.78, 5) is 28.2.